The van der Waals surface area contributed by atoms with Crippen LogP contribution in [0.2, 0.25) is 0 Å². The van der Waals surface area contributed by atoms with Crippen molar-refractivity contribution in [2.24, 2.45) is 17.4 Å². The Balaban J connectivity index is 5.02. The van der Waals surface area contributed by atoms with Crippen LogP contribution in [-0.2, 0) is 19.2 Å². The Morgan fingerprint density at radius 2 is 1.70 bits per heavy atom. The van der Waals surface area contributed by atoms with Crippen LogP contribution >= 0.6 is 12.6 Å². The lowest BCUT2D eigenvalue weighted by atomic mass is 10.0. The highest BCUT2D eigenvalue weighted by atomic mass is 32.1. The first-order valence-corrected chi connectivity index (χ1v) is 7.71. The number of carbonyl (C=O) groups excluding carboxylic acids is 3. The molecule has 0 aliphatic heterocycles. The molecule has 0 saturated carbocycles. The normalized spacial score (nSPS) is 14.7. The molecule has 3 amide bonds. The van der Waals surface area contributed by atoms with Gasteiger partial charge in [-0.1, -0.05) is 13.8 Å². The van der Waals surface area contributed by atoms with Crippen molar-refractivity contribution in [1.82, 2.24) is 10.6 Å². The molecular formula is C13H24N4O5S. The smallest absolute Gasteiger partial charge is 0.326 e. The maximum Gasteiger partial charge on any atom is 0.326 e. The average Bonchev–Trinajstić information content (AvgIpc) is 2.46. The second-order valence-electron chi connectivity index (χ2n) is 5.42. The van der Waals surface area contributed by atoms with Gasteiger partial charge >= 0.3 is 5.97 Å². The lowest BCUT2D eigenvalue weighted by molar-refractivity contribution is -0.143. The number of nitrogens with one attached hydrogen (secondary N) is 2. The third-order valence-corrected chi connectivity index (χ3v) is 3.47. The van der Waals surface area contributed by atoms with Gasteiger partial charge in [0.25, 0.3) is 0 Å². The molecule has 0 fully saturated rings. The van der Waals surface area contributed by atoms with Gasteiger partial charge in [0.15, 0.2) is 0 Å². The van der Waals surface area contributed by atoms with Gasteiger partial charge in [0.05, 0.1) is 6.04 Å². The van der Waals surface area contributed by atoms with Crippen LogP contribution in [0.25, 0.3) is 0 Å². The summed E-state index contributed by atoms with van der Waals surface area (Å²) in [5.41, 5.74) is 10.6. The van der Waals surface area contributed by atoms with Gasteiger partial charge in [-0.2, -0.15) is 12.6 Å². The van der Waals surface area contributed by atoms with E-state index in [1.54, 1.807) is 13.8 Å². The summed E-state index contributed by atoms with van der Waals surface area (Å²) in [4.78, 5) is 46.0. The molecule has 0 saturated heterocycles. The number of hydrogen-bond acceptors (Lipinski definition) is 6. The third kappa shape index (κ3) is 7.84. The predicted molar refractivity (Wildman–Crippen MR) is 86.6 cm³/mol. The van der Waals surface area contributed by atoms with Crippen LogP contribution in [0.3, 0.4) is 0 Å². The first-order valence-electron chi connectivity index (χ1n) is 7.08. The van der Waals surface area contributed by atoms with E-state index in [0.29, 0.717) is 0 Å². The third-order valence-electron chi connectivity index (χ3n) is 3.08. The first kappa shape index (κ1) is 21.2. The molecule has 0 aromatic rings. The number of hydrogen-bond donors (Lipinski definition) is 6. The molecule has 0 aromatic heterocycles. The van der Waals surface area contributed by atoms with Gasteiger partial charge in [-0.3, -0.25) is 14.4 Å². The summed E-state index contributed by atoms with van der Waals surface area (Å²) in [5.74, 6) is -3.47. The molecule has 0 aromatic carbocycles. The number of thiol groups is 1. The molecule has 7 N–H and O–H groups in total. The Labute approximate surface area is 139 Å². The van der Waals surface area contributed by atoms with Gasteiger partial charge in [0, 0.05) is 12.2 Å². The molecule has 23 heavy (non-hydrogen) atoms. The number of rotatable bonds is 10. The summed E-state index contributed by atoms with van der Waals surface area (Å²) in [6.07, 6.45) is -0.204. The Bertz CT molecular complexity index is 458. The maximum absolute atomic E-state index is 12.2. The molecule has 0 heterocycles. The molecule has 3 atom stereocenters. The van der Waals surface area contributed by atoms with E-state index < -0.39 is 41.8 Å². The van der Waals surface area contributed by atoms with Crippen molar-refractivity contribution >= 4 is 36.3 Å². The van der Waals surface area contributed by atoms with Gasteiger partial charge in [0.1, 0.15) is 12.1 Å². The molecule has 0 spiro atoms. The minimum atomic E-state index is -1.19. The van der Waals surface area contributed by atoms with E-state index in [-0.39, 0.29) is 24.5 Å². The average molecular weight is 348 g/mol. The number of nitrogens with two attached hydrogens (primary N) is 2. The second kappa shape index (κ2) is 10.1. The molecule has 0 bridgehead atoms. The molecule has 10 heteroatoms. The van der Waals surface area contributed by atoms with Gasteiger partial charge in [-0.25, -0.2) is 4.79 Å². The quantitative estimate of drug-likeness (QED) is 0.255. The lowest BCUT2D eigenvalue weighted by Crippen LogP contribution is -2.55. The van der Waals surface area contributed by atoms with Gasteiger partial charge in [-0.15, -0.1) is 0 Å². The van der Waals surface area contributed by atoms with Crippen molar-refractivity contribution in [1.29, 1.82) is 0 Å². The fraction of sp³-hybridized carbons (Fsp3) is 0.692. The van der Waals surface area contributed by atoms with E-state index in [1.165, 1.54) is 0 Å². The molecule has 0 rings (SSSR count). The molecule has 0 aliphatic carbocycles. The van der Waals surface area contributed by atoms with Crippen molar-refractivity contribution in [3.8, 4) is 0 Å². The Hall–Kier alpha value is -1.81. The van der Waals surface area contributed by atoms with Crippen molar-refractivity contribution < 1.29 is 24.3 Å². The van der Waals surface area contributed by atoms with Crippen LogP contribution in [-0.4, -0.2) is 52.7 Å². The zero-order chi connectivity index (χ0) is 18.2. The molecule has 0 radical (unpaired) electrons. The molecule has 132 valence electrons. The summed E-state index contributed by atoms with van der Waals surface area (Å²) in [6.45, 7) is 3.26. The monoisotopic (exact) mass is 348 g/mol. The standard InChI is InChI=1S/C13H24N4O5S/c1-6(2)10(13(21)22)17-12(20)8(3-4-9(15)18)16-11(19)7(14)5-23/h6-8,10,23H,3-5,14H2,1-2H3,(H2,15,18)(H,16,19)(H,17,20)(H,21,22). The van der Waals surface area contributed by atoms with Crippen molar-refractivity contribution in [2.75, 3.05) is 5.75 Å². The summed E-state index contributed by atoms with van der Waals surface area (Å²) in [7, 11) is 0. The van der Waals surface area contributed by atoms with Crippen molar-refractivity contribution in [2.45, 2.75) is 44.8 Å². The Morgan fingerprint density at radius 1 is 1.13 bits per heavy atom. The number of aliphatic carboxylic acids is 1. The summed E-state index contributed by atoms with van der Waals surface area (Å²) in [5, 5.41) is 13.8. The fourth-order valence-corrected chi connectivity index (χ4v) is 1.85. The van der Waals surface area contributed by atoms with Crippen LogP contribution in [0.1, 0.15) is 26.7 Å². The van der Waals surface area contributed by atoms with Crippen LogP contribution in [0.4, 0.5) is 0 Å². The van der Waals surface area contributed by atoms with Gasteiger partial charge in [0.2, 0.25) is 17.7 Å². The molecule has 0 aliphatic rings. The number of primary amides is 1. The molecule has 3 unspecified atom stereocenters. The van der Waals surface area contributed by atoms with Crippen LogP contribution in [0.15, 0.2) is 0 Å². The zero-order valence-electron chi connectivity index (χ0n) is 13.1. The van der Waals surface area contributed by atoms with Crippen LogP contribution in [0, 0.1) is 5.92 Å². The Morgan fingerprint density at radius 3 is 2.09 bits per heavy atom. The van der Waals surface area contributed by atoms with Crippen LogP contribution in [0.5, 0.6) is 0 Å². The highest BCUT2D eigenvalue weighted by Crippen LogP contribution is 2.05. The van der Waals surface area contributed by atoms with E-state index in [9.17, 15) is 19.2 Å². The Kier molecular flexibility index (Phi) is 9.27. The second-order valence-corrected chi connectivity index (χ2v) is 5.79. The minimum Gasteiger partial charge on any atom is -0.480 e. The SMILES string of the molecule is CC(C)C(NC(=O)C(CCC(N)=O)NC(=O)C(N)CS)C(=O)O. The van der Waals surface area contributed by atoms with Crippen molar-refractivity contribution in [3.63, 3.8) is 0 Å². The summed E-state index contributed by atoms with van der Waals surface area (Å²) in [6, 6.07) is -3.15. The number of carbonyl (C=O) groups is 4. The predicted octanol–water partition coefficient (Wildman–Crippen LogP) is -1.78. The zero-order valence-corrected chi connectivity index (χ0v) is 14.0. The fourth-order valence-electron chi connectivity index (χ4n) is 1.68. The van der Waals surface area contributed by atoms with Gasteiger partial charge < -0.3 is 27.2 Å². The summed E-state index contributed by atoms with van der Waals surface area (Å²) < 4.78 is 0. The minimum absolute atomic E-state index is 0.0589. The largest absolute Gasteiger partial charge is 0.480 e. The maximum atomic E-state index is 12.2. The van der Waals surface area contributed by atoms with Crippen molar-refractivity contribution in [3.05, 3.63) is 0 Å². The lowest BCUT2D eigenvalue weighted by Gasteiger charge is -2.23. The highest BCUT2D eigenvalue weighted by Gasteiger charge is 2.29. The van der Waals surface area contributed by atoms with E-state index in [1.807, 2.05) is 0 Å². The number of carboxylic acid groups (broad SMARTS) is 1. The van der Waals surface area contributed by atoms with E-state index in [4.69, 9.17) is 16.6 Å². The van der Waals surface area contributed by atoms with E-state index in [0.717, 1.165) is 0 Å². The molecule has 9 nitrogen and oxygen atoms in total. The summed E-state index contributed by atoms with van der Waals surface area (Å²) >= 11 is 3.89. The topological polar surface area (TPSA) is 165 Å². The van der Waals surface area contributed by atoms with E-state index in [2.05, 4.69) is 23.3 Å². The van der Waals surface area contributed by atoms with Gasteiger partial charge in [-0.05, 0) is 12.3 Å². The molecular weight excluding hydrogens is 324 g/mol. The number of carboxylic acids is 1. The van der Waals surface area contributed by atoms with E-state index >= 15 is 0 Å². The number of amides is 3. The van der Waals surface area contributed by atoms with Crippen LogP contribution < -0.4 is 22.1 Å². The highest BCUT2D eigenvalue weighted by molar-refractivity contribution is 7.80. The first-order chi connectivity index (χ1) is 10.6.